The molecule has 0 saturated carbocycles. The first kappa shape index (κ1) is 10.4. The van der Waals surface area contributed by atoms with E-state index in [-0.39, 0.29) is 5.11 Å². The Hall–Kier alpha value is -0.690. The third kappa shape index (κ3) is 4.18. The van der Waals surface area contributed by atoms with Crippen LogP contribution in [-0.2, 0) is 0 Å². The molecule has 3 N–H and O–H groups in total. The molecule has 0 aliphatic rings. The molecule has 0 aliphatic carbocycles. The van der Waals surface area contributed by atoms with Crippen LogP contribution in [0.25, 0.3) is 0 Å². The molecule has 0 bridgehead atoms. The van der Waals surface area contributed by atoms with E-state index < -0.39 is 0 Å². The van der Waals surface area contributed by atoms with Crippen LogP contribution in [0.4, 0.5) is 0 Å². The summed E-state index contributed by atoms with van der Waals surface area (Å²) < 4.78 is 1.19. The number of hydrogen-bond donors (Lipinski definition) is 2. The lowest BCUT2D eigenvalue weighted by Gasteiger charge is -1.94. The van der Waals surface area contributed by atoms with Crippen LogP contribution in [0.3, 0.4) is 0 Å². The van der Waals surface area contributed by atoms with E-state index in [0.717, 1.165) is 5.56 Å². The first-order chi connectivity index (χ1) is 6.18. The second-order valence-corrected chi connectivity index (χ2v) is 3.97. The van der Waals surface area contributed by atoms with Gasteiger partial charge in [0.25, 0.3) is 0 Å². The highest BCUT2D eigenvalue weighted by atomic mass is 127. The van der Waals surface area contributed by atoms with Crippen LogP contribution < -0.4 is 11.2 Å². The van der Waals surface area contributed by atoms with Crippen LogP contribution in [0.15, 0.2) is 29.4 Å². The molecule has 5 heteroatoms. The highest BCUT2D eigenvalue weighted by Crippen LogP contribution is 2.04. The summed E-state index contributed by atoms with van der Waals surface area (Å²) in [6.07, 6.45) is 1.66. The minimum absolute atomic E-state index is 0.168. The van der Waals surface area contributed by atoms with Crippen molar-refractivity contribution in [3.05, 3.63) is 33.4 Å². The monoisotopic (exact) mass is 305 g/mol. The van der Waals surface area contributed by atoms with Gasteiger partial charge in [-0.1, -0.05) is 12.1 Å². The molecule has 0 aromatic heterocycles. The number of hydrazone groups is 1. The van der Waals surface area contributed by atoms with Crippen LogP contribution in [0.1, 0.15) is 5.56 Å². The van der Waals surface area contributed by atoms with Crippen LogP contribution in [0, 0.1) is 3.57 Å². The van der Waals surface area contributed by atoms with Gasteiger partial charge in [0.1, 0.15) is 0 Å². The standard InChI is InChI=1S/C8H8IN3S/c9-7-3-1-6(2-4-7)5-11-12-8(10)13/h1-5H,(H3,10,12,13). The average Bonchev–Trinajstić information content (AvgIpc) is 2.08. The molecule has 0 saturated heterocycles. The van der Waals surface area contributed by atoms with E-state index in [2.05, 4.69) is 45.3 Å². The third-order valence-corrected chi connectivity index (χ3v) is 2.07. The highest BCUT2D eigenvalue weighted by Gasteiger charge is 1.87. The Morgan fingerprint density at radius 2 is 2.08 bits per heavy atom. The molecule has 13 heavy (non-hydrogen) atoms. The number of nitrogens with one attached hydrogen (secondary N) is 1. The molecule has 0 unspecified atom stereocenters. The van der Waals surface area contributed by atoms with Gasteiger partial charge in [-0.25, -0.2) is 0 Å². The van der Waals surface area contributed by atoms with Crippen molar-refractivity contribution in [1.82, 2.24) is 5.43 Å². The molecule has 0 spiro atoms. The second kappa shape index (κ2) is 5.13. The fourth-order valence-electron chi connectivity index (χ4n) is 0.719. The van der Waals surface area contributed by atoms with Crippen LogP contribution >= 0.6 is 34.8 Å². The van der Waals surface area contributed by atoms with Crippen molar-refractivity contribution in [2.75, 3.05) is 0 Å². The van der Waals surface area contributed by atoms with Gasteiger partial charge >= 0.3 is 0 Å². The number of rotatable bonds is 2. The molecule has 1 aromatic carbocycles. The van der Waals surface area contributed by atoms with Crippen molar-refractivity contribution in [3.63, 3.8) is 0 Å². The lowest BCUT2D eigenvalue weighted by molar-refractivity contribution is 1.04. The lowest BCUT2D eigenvalue weighted by Crippen LogP contribution is -2.23. The van der Waals surface area contributed by atoms with Gasteiger partial charge in [0.2, 0.25) is 0 Å². The summed E-state index contributed by atoms with van der Waals surface area (Å²) >= 11 is 6.83. The van der Waals surface area contributed by atoms with Gasteiger partial charge in [0, 0.05) is 3.57 Å². The molecule has 68 valence electrons. The summed E-state index contributed by atoms with van der Waals surface area (Å²) in [5.41, 5.74) is 8.68. The average molecular weight is 305 g/mol. The van der Waals surface area contributed by atoms with E-state index in [9.17, 15) is 0 Å². The minimum atomic E-state index is 0.168. The predicted octanol–water partition coefficient (Wildman–Crippen LogP) is 1.46. The Morgan fingerprint density at radius 1 is 1.46 bits per heavy atom. The quantitative estimate of drug-likeness (QED) is 0.376. The number of hydrogen-bond acceptors (Lipinski definition) is 2. The van der Waals surface area contributed by atoms with Crippen LogP contribution in [0.2, 0.25) is 0 Å². The summed E-state index contributed by atoms with van der Waals surface area (Å²) in [7, 11) is 0. The molecule has 1 rings (SSSR count). The van der Waals surface area contributed by atoms with Gasteiger partial charge in [-0.2, -0.15) is 5.10 Å². The Labute approximate surface area is 95.5 Å². The lowest BCUT2D eigenvalue weighted by atomic mass is 10.2. The van der Waals surface area contributed by atoms with Gasteiger partial charge in [0.05, 0.1) is 6.21 Å². The topological polar surface area (TPSA) is 50.4 Å². The Balaban J connectivity index is 2.59. The minimum Gasteiger partial charge on any atom is -0.375 e. The first-order valence-electron chi connectivity index (χ1n) is 3.52. The van der Waals surface area contributed by atoms with Gasteiger partial charge in [-0.15, -0.1) is 0 Å². The molecule has 0 heterocycles. The summed E-state index contributed by atoms with van der Waals surface area (Å²) in [6.45, 7) is 0. The number of benzene rings is 1. The Bertz CT molecular complexity index is 321. The van der Waals surface area contributed by atoms with Gasteiger partial charge in [-0.05, 0) is 52.5 Å². The molecule has 0 aliphatic heterocycles. The molecule has 0 fully saturated rings. The van der Waals surface area contributed by atoms with E-state index in [1.165, 1.54) is 3.57 Å². The molecular formula is C8H8IN3S. The maximum absolute atomic E-state index is 5.19. The maximum atomic E-state index is 5.19. The first-order valence-corrected chi connectivity index (χ1v) is 5.01. The molecule has 0 radical (unpaired) electrons. The van der Waals surface area contributed by atoms with E-state index >= 15 is 0 Å². The Kier molecular flexibility index (Phi) is 4.10. The van der Waals surface area contributed by atoms with Crippen molar-refractivity contribution in [2.45, 2.75) is 0 Å². The summed E-state index contributed by atoms with van der Waals surface area (Å²) in [4.78, 5) is 0. The van der Waals surface area contributed by atoms with Crippen LogP contribution in [-0.4, -0.2) is 11.3 Å². The van der Waals surface area contributed by atoms with E-state index in [1.54, 1.807) is 6.21 Å². The fourth-order valence-corrected chi connectivity index (χ4v) is 1.13. The van der Waals surface area contributed by atoms with Crippen molar-refractivity contribution >= 4 is 46.1 Å². The SMILES string of the molecule is NC(=S)NN=Cc1ccc(I)cc1. The molecule has 1 aromatic rings. The molecule has 0 atom stereocenters. The van der Waals surface area contributed by atoms with Crippen molar-refractivity contribution in [3.8, 4) is 0 Å². The fraction of sp³-hybridized carbons (Fsp3) is 0. The zero-order chi connectivity index (χ0) is 9.68. The van der Waals surface area contributed by atoms with Crippen molar-refractivity contribution in [1.29, 1.82) is 0 Å². The zero-order valence-electron chi connectivity index (χ0n) is 6.70. The largest absolute Gasteiger partial charge is 0.375 e. The third-order valence-electron chi connectivity index (χ3n) is 1.26. The van der Waals surface area contributed by atoms with Crippen molar-refractivity contribution in [2.24, 2.45) is 10.8 Å². The van der Waals surface area contributed by atoms with Crippen molar-refractivity contribution < 1.29 is 0 Å². The van der Waals surface area contributed by atoms with Crippen LogP contribution in [0.5, 0.6) is 0 Å². The molecule has 3 nitrogen and oxygen atoms in total. The summed E-state index contributed by atoms with van der Waals surface area (Å²) in [6, 6.07) is 7.93. The second-order valence-electron chi connectivity index (χ2n) is 2.29. The maximum Gasteiger partial charge on any atom is 0.184 e. The van der Waals surface area contributed by atoms with Gasteiger partial charge in [-0.3, -0.25) is 5.43 Å². The van der Waals surface area contributed by atoms with Gasteiger partial charge < -0.3 is 5.73 Å². The van der Waals surface area contributed by atoms with E-state index in [0.29, 0.717) is 0 Å². The number of nitrogens with zero attached hydrogens (tertiary/aromatic N) is 1. The molecular weight excluding hydrogens is 297 g/mol. The van der Waals surface area contributed by atoms with E-state index in [1.807, 2.05) is 24.3 Å². The number of halogens is 1. The summed E-state index contributed by atoms with van der Waals surface area (Å²) in [5, 5.41) is 4.00. The van der Waals surface area contributed by atoms with E-state index in [4.69, 9.17) is 5.73 Å². The smallest absolute Gasteiger partial charge is 0.184 e. The predicted molar refractivity (Wildman–Crippen MR) is 66.7 cm³/mol. The normalized spacial score (nSPS) is 10.2. The highest BCUT2D eigenvalue weighted by molar-refractivity contribution is 14.1. The number of thiocarbonyl (C=S) groups is 1. The Morgan fingerprint density at radius 3 is 2.62 bits per heavy atom. The molecule has 0 amide bonds. The zero-order valence-corrected chi connectivity index (χ0v) is 9.67. The van der Waals surface area contributed by atoms with Gasteiger partial charge in [0.15, 0.2) is 5.11 Å². The summed E-state index contributed by atoms with van der Waals surface area (Å²) in [5.74, 6) is 0. The number of nitrogens with two attached hydrogens (primary N) is 1.